The van der Waals surface area contributed by atoms with Gasteiger partial charge >= 0.3 is 0 Å². The highest BCUT2D eigenvalue weighted by Gasteiger charge is 2.31. The van der Waals surface area contributed by atoms with E-state index in [0.29, 0.717) is 5.39 Å². The topological polar surface area (TPSA) is 38.1 Å². The third-order valence-corrected chi connectivity index (χ3v) is 5.84. The number of halogens is 2. The molecule has 3 aromatic rings. The van der Waals surface area contributed by atoms with E-state index in [9.17, 15) is 8.78 Å². The van der Waals surface area contributed by atoms with E-state index in [0.717, 1.165) is 35.1 Å². The van der Waals surface area contributed by atoms with Crippen LogP contribution < -0.4 is 0 Å². The molecule has 0 aliphatic carbocycles. The molecule has 0 spiro atoms. The second kappa shape index (κ2) is 7.00. The zero-order chi connectivity index (χ0) is 19.0. The van der Waals surface area contributed by atoms with Crippen LogP contribution in [0.5, 0.6) is 0 Å². The molecule has 0 saturated heterocycles. The SMILES string of the molecule is CC1(C)CC(Cc2cccnc2)N=C(c2cnc3c(F)c(F)ccc3c2)S1. The highest BCUT2D eigenvalue weighted by Crippen LogP contribution is 2.39. The maximum atomic E-state index is 13.9. The van der Waals surface area contributed by atoms with Crippen LogP contribution >= 0.6 is 11.8 Å². The van der Waals surface area contributed by atoms with Gasteiger partial charge in [0.05, 0.1) is 6.04 Å². The van der Waals surface area contributed by atoms with Crippen molar-refractivity contribution in [3.05, 3.63) is 71.7 Å². The number of nitrogens with zero attached hydrogens (tertiary/aromatic N) is 3. The Bertz CT molecular complexity index is 1020. The Labute approximate surface area is 161 Å². The van der Waals surface area contributed by atoms with Gasteiger partial charge in [0.1, 0.15) is 10.6 Å². The molecule has 1 aromatic carbocycles. The number of rotatable bonds is 3. The molecule has 1 unspecified atom stereocenters. The Morgan fingerprint density at radius 2 is 2.04 bits per heavy atom. The fourth-order valence-electron chi connectivity index (χ4n) is 3.41. The molecule has 0 radical (unpaired) electrons. The zero-order valence-electron chi connectivity index (χ0n) is 15.1. The lowest BCUT2D eigenvalue weighted by atomic mass is 9.97. The number of hydrogen-bond acceptors (Lipinski definition) is 4. The van der Waals surface area contributed by atoms with Crippen LogP contribution in [0.2, 0.25) is 0 Å². The van der Waals surface area contributed by atoms with E-state index >= 15 is 0 Å². The molecule has 1 aliphatic heterocycles. The van der Waals surface area contributed by atoms with E-state index in [1.54, 1.807) is 30.2 Å². The third-order valence-electron chi connectivity index (χ3n) is 4.59. The number of benzene rings is 1. The van der Waals surface area contributed by atoms with Crippen LogP contribution in [0.3, 0.4) is 0 Å². The smallest absolute Gasteiger partial charge is 0.184 e. The van der Waals surface area contributed by atoms with Gasteiger partial charge in [-0.2, -0.15) is 0 Å². The van der Waals surface area contributed by atoms with Crippen LogP contribution in [0.15, 0.2) is 53.9 Å². The number of thioether (sulfide) groups is 1. The van der Waals surface area contributed by atoms with Crippen LogP contribution in [-0.4, -0.2) is 25.8 Å². The minimum absolute atomic E-state index is 0.0208. The van der Waals surface area contributed by atoms with Crippen molar-refractivity contribution < 1.29 is 8.78 Å². The predicted octanol–water partition coefficient (Wildman–Crippen LogP) is 5.18. The normalized spacial score (nSPS) is 19.1. The average Bonchev–Trinajstić information content (AvgIpc) is 2.64. The molecule has 6 heteroatoms. The molecule has 27 heavy (non-hydrogen) atoms. The molecule has 0 N–H and O–H groups in total. The fraction of sp³-hybridized carbons (Fsp3) is 0.286. The number of hydrogen-bond donors (Lipinski definition) is 0. The van der Waals surface area contributed by atoms with Crippen LogP contribution in [0.25, 0.3) is 10.9 Å². The lowest BCUT2D eigenvalue weighted by Gasteiger charge is -2.33. The molecule has 0 fully saturated rings. The summed E-state index contributed by atoms with van der Waals surface area (Å²) in [6, 6.07) is 8.65. The summed E-state index contributed by atoms with van der Waals surface area (Å²) >= 11 is 1.70. The molecule has 2 aromatic heterocycles. The Kier molecular flexibility index (Phi) is 4.68. The molecule has 1 aliphatic rings. The van der Waals surface area contributed by atoms with E-state index in [2.05, 4.69) is 29.9 Å². The van der Waals surface area contributed by atoms with Crippen molar-refractivity contribution in [3.8, 4) is 0 Å². The van der Waals surface area contributed by atoms with Gasteiger partial charge in [-0.25, -0.2) is 8.78 Å². The Morgan fingerprint density at radius 3 is 2.81 bits per heavy atom. The lowest BCUT2D eigenvalue weighted by Crippen LogP contribution is -2.31. The van der Waals surface area contributed by atoms with E-state index in [4.69, 9.17) is 4.99 Å². The van der Waals surface area contributed by atoms with Crippen molar-refractivity contribution in [3.63, 3.8) is 0 Å². The van der Waals surface area contributed by atoms with Gasteiger partial charge in [-0.15, -0.1) is 0 Å². The Hall–Kier alpha value is -2.34. The van der Waals surface area contributed by atoms with E-state index in [1.807, 2.05) is 18.3 Å². The fourth-order valence-corrected chi connectivity index (χ4v) is 4.64. The Balaban J connectivity index is 1.70. The third kappa shape index (κ3) is 3.86. The quantitative estimate of drug-likeness (QED) is 0.625. The number of aromatic nitrogens is 2. The molecule has 138 valence electrons. The highest BCUT2D eigenvalue weighted by molar-refractivity contribution is 8.15. The van der Waals surface area contributed by atoms with Gasteiger partial charge in [0, 0.05) is 34.3 Å². The van der Waals surface area contributed by atoms with Crippen LogP contribution in [0, 0.1) is 11.6 Å². The molecule has 1 atom stereocenters. The van der Waals surface area contributed by atoms with Crippen molar-refractivity contribution >= 4 is 27.7 Å². The molecular formula is C21H19F2N3S. The van der Waals surface area contributed by atoms with Crippen LogP contribution in [0.1, 0.15) is 31.4 Å². The largest absolute Gasteiger partial charge is 0.274 e. The summed E-state index contributed by atoms with van der Waals surface area (Å²) in [6.45, 7) is 4.40. The molecular weight excluding hydrogens is 364 g/mol. The van der Waals surface area contributed by atoms with Crippen LogP contribution in [0.4, 0.5) is 8.78 Å². The van der Waals surface area contributed by atoms with Crippen LogP contribution in [-0.2, 0) is 6.42 Å². The van der Waals surface area contributed by atoms with Gasteiger partial charge < -0.3 is 0 Å². The molecule has 4 rings (SSSR count). The average molecular weight is 383 g/mol. The van der Waals surface area contributed by atoms with Gasteiger partial charge in [-0.3, -0.25) is 15.0 Å². The van der Waals surface area contributed by atoms with Gasteiger partial charge in [-0.1, -0.05) is 31.7 Å². The number of fused-ring (bicyclic) bond motifs is 1. The van der Waals surface area contributed by atoms with Gasteiger partial charge in [0.25, 0.3) is 0 Å². The molecule has 3 heterocycles. The zero-order valence-corrected chi connectivity index (χ0v) is 15.9. The molecule has 3 nitrogen and oxygen atoms in total. The highest BCUT2D eigenvalue weighted by atomic mass is 32.2. The standard InChI is InChI=1S/C21H19F2N3S/c1-21(2)10-16(8-13-4-3-7-24-11-13)26-20(27-21)15-9-14-5-6-17(22)18(23)19(14)25-12-15/h3-7,9,11-12,16H,8,10H2,1-2H3. The van der Waals surface area contributed by atoms with E-state index in [1.165, 1.54) is 0 Å². The number of pyridine rings is 2. The summed E-state index contributed by atoms with van der Waals surface area (Å²) in [5.74, 6) is -1.79. The van der Waals surface area contributed by atoms with Crippen molar-refractivity contribution in [2.24, 2.45) is 4.99 Å². The summed E-state index contributed by atoms with van der Waals surface area (Å²) < 4.78 is 27.4. The van der Waals surface area contributed by atoms with E-state index < -0.39 is 11.6 Å². The van der Waals surface area contributed by atoms with E-state index in [-0.39, 0.29) is 16.3 Å². The first kappa shape index (κ1) is 18.0. The van der Waals surface area contributed by atoms with Crippen molar-refractivity contribution in [2.45, 2.75) is 37.5 Å². The first-order valence-electron chi connectivity index (χ1n) is 8.81. The number of aliphatic imine (C=N–C) groups is 1. The predicted molar refractivity (Wildman–Crippen MR) is 106 cm³/mol. The monoisotopic (exact) mass is 383 g/mol. The van der Waals surface area contributed by atoms with Gasteiger partial charge in [0.2, 0.25) is 0 Å². The molecule has 0 saturated carbocycles. The maximum Gasteiger partial charge on any atom is 0.184 e. The van der Waals surface area contributed by atoms with Crippen molar-refractivity contribution in [1.82, 2.24) is 9.97 Å². The van der Waals surface area contributed by atoms with Gasteiger partial charge in [0.15, 0.2) is 11.6 Å². The van der Waals surface area contributed by atoms with Crippen molar-refractivity contribution in [2.75, 3.05) is 0 Å². The Morgan fingerprint density at radius 1 is 1.19 bits per heavy atom. The summed E-state index contributed by atoms with van der Waals surface area (Å²) in [5.41, 5.74) is 2.04. The van der Waals surface area contributed by atoms with Gasteiger partial charge in [-0.05, 0) is 42.7 Å². The summed E-state index contributed by atoms with van der Waals surface area (Å²) in [7, 11) is 0. The molecule has 0 amide bonds. The summed E-state index contributed by atoms with van der Waals surface area (Å²) in [6.07, 6.45) is 7.00. The maximum absolute atomic E-state index is 13.9. The summed E-state index contributed by atoms with van der Waals surface area (Å²) in [4.78, 5) is 13.3. The molecule has 0 bridgehead atoms. The second-order valence-electron chi connectivity index (χ2n) is 7.38. The minimum atomic E-state index is -0.910. The first-order valence-corrected chi connectivity index (χ1v) is 9.63. The second-order valence-corrected chi connectivity index (χ2v) is 9.07. The first-order chi connectivity index (χ1) is 12.9. The van der Waals surface area contributed by atoms with Crippen molar-refractivity contribution in [1.29, 1.82) is 0 Å². The minimum Gasteiger partial charge on any atom is -0.274 e. The summed E-state index contributed by atoms with van der Waals surface area (Å²) in [5, 5.41) is 1.46. The lowest BCUT2D eigenvalue weighted by molar-refractivity contribution is 0.515.